The van der Waals surface area contributed by atoms with Crippen LogP contribution in [0.5, 0.6) is 0 Å². The third kappa shape index (κ3) is 2.19. The van der Waals surface area contributed by atoms with Gasteiger partial charge < -0.3 is 9.47 Å². The zero-order valence-electron chi connectivity index (χ0n) is 12.8. The fourth-order valence-corrected chi connectivity index (χ4v) is 4.02. The summed E-state index contributed by atoms with van der Waals surface area (Å²) in [5, 5.41) is 0.619. The van der Waals surface area contributed by atoms with E-state index in [0.29, 0.717) is 5.02 Å². The van der Waals surface area contributed by atoms with Crippen LogP contribution in [0.15, 0.2) is 12.5 Å². The first-order chi connectivity index (χ1) is 10.8. The lowest BCUT2D eigenvalue weighted by molar-refractivity contribution is 0.607. The molecule has 5 nitrogen and oxygen atoms in total. The van der Waals surface area contributed by atoms with Crippen molar-refractivity contribution in [3.63, 3.8) is 0 Å². The van der Waals surface area contributed by atoms with E-state index in [1.807, 2.05) is 0 Å². The second-order valence-corrected chi connectivity index (χ2v) is 6.58. The number of hydrogen-bond donors (Lipinski definition) is 0. The van der Waals surface area contributed by atoms with E-state index in [9.17, 15) is 0 Å². The van der Waals surface area contributed by atoms with Gasteiger partial charge >= 0.3 is 0 Å². The van der Waals surface area contributed by atoms with Gasteiger partial charge in [0.05, 0.1) is 17.9 Å². The summed E-state index contributed by atoms with van der Waals surface area (Å²) in [5.74, 6) is 2.00. The van der Waals surface area contributed by atoms with Gasteiger partial charge in [0.15, 0.2) is 5.82 Å². The quantitative estimate of drug-likeness (QED) is 0.854. The van der Waals surface area contributed by atoms with E-state index in [1.54, 1.807) is 12.5 Å². The Kier molecular flexibility index (Phi) is 3.53. The number of aryl methyl sites for hydroxylation is 1. The Labute approximate surface area is 135 Å². The smallest absolute Gasteiger partial charge is 0.151 e. The molecule has 0 bridgehead atoms. The molecular formula is C16H20ClN5. The number of hydrogen-bond acceptors (Lipinski definition) is 4. The van der Waals surface area contributed by atoms with Gasteiger partial charge in [-0.1, -0.05) is 11.6 Å². The number of anilines is 1. The Morgan fingerprint density at radius 2 is 2.09 bits per heavy atom. The lowest BCUT2D eigenvalue weighted by Crippen LogP contribution is -2.26. The van der Waals surface area contributed by atoms with Crippen molar-refractivity contribution in [3.8, 4) is 0 Å². The molecule has 0 spiro atoms. The van der Waals surface area contributed by atoms with Gasteiger partial charge in [-0.15, -0.1) is 0 Å². The maximum atomic E-state index is 6.30. The van der Waals surface area contributed by atoms with E-state index in [-0.39, 0.29) is 6.04 Å². The largest absolute Gasteiger partial charge is 0.345 e. The summed E-state index contributed by atoms with van der Waals surface area (Å²) in [4.78, 5) is 15.6. The van der Waals surface area contributed by atoms with E-state index in [0.717, 1.165) is 38.0 Å². The number of rotatable bonds is 2. The number of nitrogens with zero attached hydrogens (tertiary/aromatic N) is 5. The molecule has 2 aromatic rings. The van der Waals surface area contributed by atoms with Crippen molar-refractivity contribution in [3.05, 3.63) is 34.8 Å². The molecule has 2 aliphatic rings. The average Bonchev–Trinajstić information content (AvgIpc) is 3.13. The Morgan fingerprint density at radius 1 is 1.23 bits per heavy atom. The molecule has 0 aromatic carbocycles. The molecule has 1 aliphatic carbocycles. The Morgan fingerprint density at radius 3 is 2.91 bits per heavy atom. The second kappa shape index (κ2) is 5.54. The van der Waals surface area contributed by atoms with Crippen LogP contribution in [0.2, 0.25) is 5.02 Å². The number of fused-ring (bicyclic) bond motifs is 1. The minimum absolute atomic E-state index is 0.267. The first-order valence-corrected chi connectivity index (χ1v) is 8.40. The summed E-state index contributed by atoms with van der Waals surface area (Å²) >= 11 is 6.30. The molecule has 116 valence electrons. The van der Waals surface area contributed by atoms with Crippen molar-refractivity contribution in [1.82, 2.24) is 19.5 Å². The lowest BCUT2D eigenvalue weighted by atomic mass is 10.0. The topological polar surface area (TPSA) is 46.8 Å². The molecular weight excluding hydrogens is 298 g/mol. The highest BCUT2D eigenvalue weighted by Gasteiger charge is 2.33. The number of halogens is 1. The monoisotopic (exact) mass is 317 g/mol. The van der Waals surface area contributed by atoms with Crippen LogP contribution in [-0.4, -0.2) is 26.1 Å². The van der Waals surface area contributed by atoms with Gasteiger partial charge in [-0.3, -0.25) is 0 Å². The summed E-state index contributed by atoms with van der Waals surface area (Å²) in [5.41, 5.74) is 2.71. The molecule has 0 radical (unpaired) electrons. The molecule has 1 fully saturated rings. The highest BCUT2D eigenvalue weighted by Crippen LogP contribution is 2.38. The first kappa shape index (κ1) is 14.0. The van der Waals surface area contributed by atoms with Crippen LogP contribution in [0.4, 0.5) is 5.82 Å². The SMILES string of the molecule is Cn1c(C2CCCN2c2ncncc2Cl)nc2c1CCCC2. The lowest BCUT2D eigenvalue weighted by Gasteiger charge is -2.26. The number of aromatic nitrogens is 4. The highest BCUT2D eigenvalue weighted by atomic mass is 35.5. The fraction of sp³-hybridized carbons (Fsp3) is 0.562. The number of imidazole rings is 1. The van der Waals surface area contributed by atoms with E-state index >= 15 is 0 Å². The molecule has 0 saturated carbocycles. The second-order valence-electron chi connectivity index (χ2n) is 6.18. The van der Waals surface area contributed by atoms with E-state index < -0.39 is 0 Å². The van der Waals surface area contributed by atoms with Crippen LogP contribution >= 0.6 is 11.6 Å². The van der Waals surface area contributed by atoms with Crippen LogP contribution in [0.3, 0.4) is 0 Å². The Hall–Kier alpha value is -1.62. The molecule has 1 atom stereocenters. The molecule has 1 saturated heterocycles. The molecule has 22 heavy (non-hydrogen) atoms. The third-order valence-electron chi connectivity index (χ3n) is 4.88. The zero-order chi connectivity index (χ0) is 15.1. The van der Waals surface area contributed by atoms with Crippen LogP contribution in [0.1, 0.15) is 48.9 Å². The van der Waals surface area contributed by atoms with Crippen molar-refractivity contribution < 1.29 is 0 Å². The maximum absolute atomic E-state index is 6.30. The molecule has 2 aromatic heterocycles. The summed E-state index contributed by atoms with van der Waals surface area (Å²) < 4.78 is 2.31. The molecule has 0 N–H and O–H groups in total. The normalized spacial score (nSPS) is 21.2. The van der Waals surface area contributed by atoms with Gasteiger partial charge in [0, 0.05) is 19.3 Å². The predicted octanol–water partition coefficient (Wildman–Crippen LogP) is 3.08. The van der Waals surface area contributed by atoms with Crippen molar-refractivity contribution in [2.75, 3.05) is 11.4 Å². The van der Waals surface area contributed by atoms with Gasteiger partial charge in [0.1, 0.15) is 17.2 Å². The molecule has 0 amide bonds. The van der Waals surface area contributed by atoms with Crippen molar-refractivity contribution in [1.29, 1.82) is 0 Å². The van der Waals surface area contributed by atoms with Gasteiger partial charge in [-0.25, -0.2) is 15.0 Å². The summed E-state index contributed by atoms with van der Waals surface area (Å²) in [6.07, 6.45) is 10.3. The van der Waals surface area contributed by atoms with E-state index in [4.69, 9.17) is 16.6 Å². The molecule has 4 rings (SSSR count). The van der Waals surface area contributed by atoms with Crippen molar-refractivity contribution in [2.24, 2.45) is 7.05 Å². The average molecular weight is 318 g/mol. The Balaban J connectivity index is 1.73. The highest BCUT2D eigenvalue weighted by molar-refractivity contribution is 6.32. The minimum atomic E-state index is 0.267. The fourth-order valence-electron chi connectivity index (χ4n) is 3.81. The van der Waals surface area contributed by atoms with Crippen LogP contribution in [0.25, 0.3) is 0 Å². The van der Waals surface area contributed by atoms with Crippen molar-refractivity contribution >= 4 is 17.4 Å². The summed E-state index contributed by atoms with van der Waals surface area (Å²) in [7, 11) is 2.16. The van der Waals surface area contributed by atoms with Gasteiger partial charge in [-0.2, -0.15) is 0 Å². The van der Waals surface area contributed by atoms with Crippen molar-refractivity contribution in [2.45, 2.75) is 44.6 Å². The summed E-state index contributed by atoms with van der Waals surface area (Å²) in [6, 6.07) is 0.267. The molecule has 1 aliphatic heterocycles. The van der Waals surface area contributed by atoms with Gasteiger partial charge in [0.2, 0.25) is 0 Å². The molecule has 6 heteroatoms. The Bertz CT molecular complexity index is 696. The molecule has 3 heterocycles. The maximum Gasteiger partial charge on any atom is 0.151 e. The predicted molar refractivity (Wildman–Crippen MR) is 86.2 cm³/mol. The first-order valence-electron chi connectivity index (χ1n) is 8.02. The standard InChI is InChI=1S/C16H20ClN5/c1-21-13-6-3-2-5-12(13)20-16(21)14-7-4-8-22(14)15-11(17)9-18-10-19-15/h9-10,14H,2-8H2,1H3. The minimum Gasteiger partial charge on any atom is -0.345 e. The van der Waals surface area contributed by atoms with E-state index in [1.165, 1.54) is 30.1 Å². The third-order valence-corrected chi connectivity index (χ3v) is 5.15. The van der Waals surface area contributed by atoms with Crippen LogP contribution in [-0.2, 0) is 19.9 Å². The van der Waals surface area contributed by atoms with Crippen LogP contribution < -0.4 is 4.90 Å². The zero-order valence-corrected chi connectivity index (χ0v) is 13.6. The van der Waals surface area contributed by atoms with E-state index in [2.05, 4.69) is 26.5 Å². The van der Waals surface area contributed by atoms with Crippen LogP contribution in [0, 0.1) is 0 Å². The van der Waals surface area contributed by atoms with Gasteiger partial charge in [0.25, 0.3) is 0 Å². The molecule has 1 unspecified atom stereocenters. The van der Waals surface area contributed by atoms with Gasteiger partial charge in [-0.05, 0) is 38.5 Å². The summed E-state index contributed by atoms with van der Waals surface area (Å²) in [6.45, 7) is 0.971.